The number of rotatable bonds is 5. The average molecular weight is 265 g/mol. The van der Waals surface area contributed by atoms with Crippen LogP contribution >= 0.6 is 0 Å². The molecule has 5 nitrogen and oxygen atoms in total. The number of amides is 1. The maximum absolute atomic E-state index is 12.1. The number of phenolic OH excluding ortho intramolecular Hbond substituents is 1. The van der Waals surface area contributed by atoms with Crippen molar-refractivity contribution in [3.63, 3.8) is 0 Å². The van der Waals surface area contributed by atoms with Gasteiger partial charge in [0.25, 0.3) is 5.91 Å². The van der Waals surface area contributed by atoms with Gasteiger partial charge in [-0.2, -0.15) is 0 Å². The standard InChI is InChI=1S/C14H19NO4/c1-4-8(2)12(14(18)19)15-13(17)10-6-5-7-11(16)9(10)3/h5-8,12,16H,4H2,1-3H3,(H,15,17)(H,18,19). The molecule has 0 saturated heterocycles. The van der Waals surface area contributed by atoms with Crippen molar-refractivity contribution in [1.82, 2.24) is 5.32 Å². The summed E-state index contributed by atoms with van der Waals surface area (Å²) in [5.74, 6) is -1.69. The van der Waals surface area contributed by atoms with Gasteiger partial charge in [-0.15, -0.1) is 0 Å². The van der Waals surface area contributed by atoms with Crippen molar-refractivity contribution < 1.29 is 19.8 Å². The maximum Gasteiger partial charge on any atom is 0.326 e. The molecule has 0 aliphatic carbocycles. The third-order valence-corrected chi connectivity index (χ3v) is 3.32. The zero-order valence-corrected chi connectivity index (χ0v) is 11.3. The first-order valence-electron chi connectivity index (χ1n) is 6.20. The van der Waals surface area contributed by atoms with E-state index in [1.54, 1.807) is 26.0 Å². The Morgan fingerprint density at radius 1 is 1.37 bits per heavy atom. The van der Waals surface area contributed by atoms with Crippen molar-refractivity contribution in [2.75, 3.05) is 0 Å². The van der Waals surface area contributed by atoms with Gasteiger partial charge in [0.05, 0.1) is 0 Å². The third kappa shape index (κ3) is 3.47. The van der Waals surface area contributed by atoms with E-state index < -0.39 is 17.9 Å². The van der Waals surface area contributed by atoms with Crippen molar-refractivity contribution in [2.45, 2.75) is 33.2 Å². The number of hydrogen-bond donors (Lipinski definition) is 3. The Kier molecular flexibility index (Phi) is 4.92. The van der Waals surface area contributed by atoms with Gasteiger partial charge in [0.15, 0.2) is 0 Å². The molecule has 0 saturated carbocycles. The maximum atomic E-state index is 12.1. The Labute approximate surface area is 112 Å². The number of carboxylic acid groups (broad SMARTS) is 1. The molecule has 3 N–H and O–H groups in total. The number of nitrogens with one attached hydrogen (secondary N) is 1. The minimum Gasteiger partial charge on any atom is -0.508 e. The first kappa shape index (κ1) is 15.0. The lowest BCUT2D eigenvalue weighted by Crippen LogP contribution is -2.45. The van der Waals surface area contributed by atoms with Crippen LogP contribution in [0, 0.1) is 12.8 Å². The molecular formula is C14H19NO4. The molecule has 1 aromatic carbocycles. The summed E-state index contributed by atoms with van der Waals surface area (Å²) in [6.07, 6.45) is 0.649. The van der Waals surface area contributed by atoms with E-state index in [0.717, 1.165) is 0 Å². The van der Waals surface area contributed by atoms with E-state index in [-0.39, 0.29) is 17.2 Å². The average Bonchev–Trinajstić information content (AvgIpc) is 2.37. The summed E-state index contributed by atoms with van der Waals surface area (Å²) in [4.78, 5) is 23.2. The zero-order valence-electron chi connectivity index (χ0n) is 11.3. The van der Waals surface area contributed by atoms with E-state index in [1.807, 2.05) is 6.92 Å². The van der Waals surface area contributed by atoms with Crippen LogP contribution in [-0.2, 0) is 4.79 Å². The van der Waals surface area contributed by atoms with E-state index in [2.05, 4.69) is 5.32 Å². The number of benzene rings is 1. The molecular weight excluding hydrogens is 246 g/mol. The van der Waals surface area contributed by atoms with Crippen LogP contribution < -0.4 is 5.32 Å². The molecule has 0 aromatic heterocycles. The molecule has 0 spiro atoms. The van der Waals surface area contributed by atoms with Gasteiger partial charge in [-0.3, -0.25) is 4.79 Å². The van der Waals surface area contributed by atoms with Crippen LogP contribution in [0.15, 0.2) is 18.2 Å². The molecule has 0 fully saturated rings. The van der Waals surface area contributed by atoms with E-state index >= 15 is 0 Å². The molecule has 19 heavy (non-hydrogen) atoms. The van der Waals surface area contributed by atoms with Crippen LogP contribution in [0.25, 0.3) is 0 Å². The van der Waals surface area contributed by atoms with Gasteiger partial charge in [0.2, 0.25) is 0 Å². The highest BCUT2D eigenvalue weighted by atomic mass is 16.4. The molecule has 5 heteroatoms. The van der Waals surface area contributed by atoms with Crippen LogP contribution in [-0.4, -0.2) is 28.1 Å². The third-order valence-electron chi connectivity index (χ3n) is 3.32. The summed E-state index contributed by atoms with van der Waals surface area (Å²) >= 11 is 0. The normalized spacial score (nSPS) is 13.6. The SMILES string of the molecule is CCC(C)C(NC(=O)c1cccc(O)c1C)C(=O)O. The lowest BCUT2D eigenvalue weighted by atomic mass is 9.98. The lowest BCUT2D eigenvalue weighted by molar-refractivity contribution is -0.140. The summed E-state index contributed by atoms with van der Waals surface area (Å²) in [5.41, 5.74) is 0.725. The number of carbonyl (C=O) groups excluding carboxylic acids is 1. The van der Waals surface area contributed by atoms with E-state index in [0.29, 0.717) is 12.0 Å². The highest BCUT2D eigenvalue weighted by Gasteiger charge is 2.26. The van der Waals surface area contributed by atoms with Gasteiger partial charge in [0, 0.05) is 11.1 Å². The number of hydrogen-bond acceptors (Lipinski definition) is 3. The molecule has 0 aliphatic rings. The monoisotopic (exact) mass is 265 g/mol. The Balaban J connectivity index is 2.94. The molecule has 1 aromatic rings. The molecule has 2 atom stereocenters. The smallest absolute Gasteiger partial charge is 0.326 e. The minimum atomic E-state index is -1.06. The van der Waals surface area contributed by atoms with Crippen molar-refractivity contribution in [3.05, 3.63) is 29.3 Å². The molecule has 0 bridgehead atoms. The number of phenols is 1. The van der Waals surface area contributed by atoms with Crippen LogP contribution in [0.1, 0.15) is 36.2 Å². The van der Waals surface area contributed by atoms with Crippen molar-refractivity contribution in [2.24, 2.45) is 5.92 Å². The van der Waals surface area contributed by atoms with E-state index in [4.69, 9.17) is 5.11 Å². The summed E-state index contributed by atoms with van der Waals surface area (Å²) in [7, 11) is 0. The fraction of sp³-hybridized carbons (Fsp3) is 0.429. The first-order chi connectivity index (χ1) is 8.88. The summed E-state index contributed by atoms with van der Waals surface area (Å²) in [6, 6.07) is 3.66. The fourth-order valence-electron chi connectivity index (χ4n) is 1.77. The highest BCUT2D eigenvalue weighted by molar-refractivity contribution is 5.98. The van der Waals surface area contributed by atoms with Crippen LogP contribution in [0.3, 0.4) is 0 Å². The second kappa shape index (κ2) is 6.22. The predicted molar refractivity (Wildman–Crippen MR) is 71.2 cm³/mol. The Bertz CT molecular complexity index is 484. The highest BCUT2D eigenvalue weighted by Crippen LogP contribution is 2.20. The largest absolute Gasteiger partial charge is 0.508 e. The molecule has 104 valence electrons. The van der Waals surface area contributed by atoms with E-state index in [1.165, 1.54) is 6.07 Å². The molecule has 1 rings (SSSR count). The Morgan fingerprint density at radius 3 is 2.53 bits per heavy atom. The molecule has 0 aliphatic heterocycles. The number of carboxylic acids is 1. The molecule has 0 radical (unpaired) electrons. The van der Waals surface area contributed by atoms with Gasteiger partial charge in [-0.1, -0.05) is 26.3 Å². The van der Waals surface area contributed by atoms with Gasteiger partial charge >= 0.3 is 5.97 Å². The number of carbonyl (C=O) groups is 2. The summed E-state index contributed by atoms with van der Waals surface area (Å²) in [5, 5.41) is 21.2. The summed E-state index contributed by atoms with van der Waals surface area (Å²) in [6.45, 7) is 5.25. The molecule has 0 heterocycles. The predicted octanol–water partition coefficient (Wildman–Crippen LogP) is 1.93. The van der Waals surface area contributed by atoms with Crippen LogP contribution in [0.5, 0.6) is 5.75 Å². The minimum absolute atomic E-state index is 0.0167. The van der Waals surface area contributed by atoms with Gasteiger partial charge in [-0.25, -0.2) is 4.79 Å². The second-order valence-corrected chi connectivity index (χ2v) is 4.62. The molecule has 1 amide bonds. The van der Waals surface area contributed by atoms with Gasteiger partial charge < -0.3 is 15.5 Å². The Morgan fingerprint density at radius 2 is 2.00 bits per heavy atom. The Hall–Kier alpha value is -2.04. The fourth-order valence-corrected chi connectivity index (χ4v) is 1.77. The van der Waals surface area contributed by atoms with Gasteiger partial charge in [0.1, 0.15) is 11.8 Å². The topological polar surface area (TPSA) is 86.6 Å². The van der Waals surface area contributed by atoms with Crippen molar-refractivity contribution in [3.8, 4) is 5.75 Å². The number of aliphatic carboxylic acids is 1. The van der Waals surface area contributed by atoms with Crippen molar-refractivity contribution in [1.29, 1.82) is 0 Å². The number of aromatic hydroxyl groups is 1. The van der Waals surface area contributed by atoms with Crippen molar-refractivity contribution >= 4 is 11.9 Å². The molecule has 2 unspecified atom stereocenters. The summed E-state index contributed by atoms with van der Waals surface area (Å²) < 4.78 is 0. The van der Waals surface area contributed by atoms with Crippen LogP contribution in [0.2, 0.25) is 0 Å². The second-order valence-electron chi connectivity index (χ2n) is 4.62. The van der Waals surface area contributed by atoms with Gasteiger partial charge in [-0.05, 0) is 25.0 Å². The van der Waals surface area contributed by atoms with Crippen LogP contribution in [0.4, 0.5) is 0 Å². The first-order valence-corrected chi connectivity index (χ1v) is 6.20. The quantitative estimate of drug-likeness (QED) is 0.759. The lowest BCUT2D eigenvalue weighted by Gasteiger charge is -2.20. The zero-order chi connectivity index (χ0) is 14.6. The van der Waals surface area contributed by atoms with E-state index in [9.17, 15) is 14.7 Å².